The maximum absolute atomic E-state index is 2.20. The first-order valence-corrected chi connectivity index (χ1v) is 7.43. The maximum atomic E-state index is 2.20. The minimum absolute atomic E-state index is 0. The Balaban J connectivity index is 0.000000219. The number of hydrogen-bond acceptors (Lipinski definition) is 0. The normalized spacial score (nSPS) is 9.41. The van der Waals surface area contributed by atoms with Crippen LogP contribution in [0.25, 0.3) is 11.1 Å². The zero-order valence-corrected chi connectivity index (χ0v) is 12.7. The predicted octanol–water partition coefficient (Wildman–Crippen LogP) is 6.80. The van der Waals surface area contributed by atoms with E-state index < -0.39 is 0 Å². The molecule has 3 aromatic rings. The van der Waals surface area contributed by atoms with Gasteiger partial charge in [0.1, 0.15) is 0 Å². The Bertz CT molecular complexity index is 572. The lowest BCUT2D eigenvalue weighted by Gasteiger charge is -2.01. The fourth-order valence-electron chi connectivity index (χ4n) is 2.10. The summed E-state index contributed by atoms with van der Waals surface area (Å²) in [6, 6.07) is 31.3. The Labute approximate surface area is 135 Å². The van der Waals surface area contributed by atoms with Gasteiger partial charge in [0.15, 0.2) is 0 Å². The molecule has 0 aliphatic rings. The van der Waals surface area contributed by atoms with E-state index in [-0.39, 0.29) is 7.43 Å². The molecule has 0 saturated carbocycles. The highest BCUT2D eigenvalue weighted by molar-refractivity contribution is 5.62. The topological polar surface area (TPSA) is 0 Å². The van der Waals surface area contributed by atoms with Crippen molar-refractivity contribution in [2.24, 2.45) is 0 Å². The molecule has 0 fully saturated rings. The third kappa shape index (κ3) is 5.57. The van der Waals surface area contributed by atoms with Crippen LogP contribution in [0.15, 0.2) is 91.0 Å². The second-order valence-corrected chi connectivity index (χ2v) is 5.30. The van der Waals surface area contributed by atoms with Gasteiger partial charge in [-0.25, -0.2) is 0 Å². The van der Waals surface area contributed by atoms with Crippen LogP contribution in [0.4, 0.5) is 0 Å². The largest absolute Gasteiger partial charge is 0.0776 e. The Morgan fingerprint density at radius 3 is 1.09 bits per heavy atom. The van der Waals surface area contributed by atoms with Crippen LogP contribution in [0.5, 0.6) is 0 Å². The van der Waals surface area contributed by atoms with Crippen LogP contribution < -0.4 is 0 Å². The van der Waals surface area contributed by atoms with Gasteiger partial charge >= 0.3 is 0 Å². The second kappa shape index (κ2) is 9.57. The van der Waals surface area contributed by atoms with Crippen molar-refractivity contribution in [1.82, 2.24) is 0 Å². The average molecular weight is 290 g/mol. The summed E-state index contributed by atoms with van der Waals surface area (Å²) < 4.78 is 0. The smallest absolute Gasteiger partial charge is 0.0184 e. The fraction of sp³-hybridized carbons (Fsp3) is 0.182. The summed E-state index contributed by atoms with van der Waals surface area (Å²) in [6.45, 7) is 4.41. The van der Waals surface area contributed by atoms with Crippen molar-refractivity contribution in [2.75, 3.05) is 0 Å². The van der Waals surface area contributed by atoms with Crippen molar-refractivity contribution in [3.05, 3.63) is 96.6 Å². The molecule has 0 aromatic heterocycles. The molecule has 0 aliphatic heterocycles. The molecule has 0 bridgehead atoms. The average Bonchev–Trinajstić information content (AvgIpc) is 2.58. The van der Waals surface area contributed by atoms with Crippen molar-refractivity contribution in [1.29, 1.82) is 0 Å². The van der Waals surface area contributed by atoms with E-state index in [1.54, 1.807) is 0 Å². The summed E-state index contributed by atoms with van der Waals surface area (Å²) in [5.41, 5.74) is 3.97. The van der Waals surface area contributed by atoms with Gasteiger partial charge in [-0.2, -0.15) is 0 Å². The highest BCUT2D eigenvalue weighted by Gasteiger charge is 1.93. The first-order chi connectivity index (χ1) is 10.3. The number of benzene rings is 3. The number of hydrogen-bond donors (Lipinski definition) is 0. The lowest BCUT2D eigenvalue weighted by Crippen LogP contribution is -1.83. The molecule has 0 radical (unpaired) electrons. The standard InChI is InChI=1S/C12H10.C9H12.CH4/c1-3-7-11(8-4-1)12-9-5-2-6-10-12;1-8(2)9-6-4-3-5-7-9;/h1-10H;3-8H,1-2H3;1H4. The van der Waals surface area contributed by atoms with E-state index in [0.29, 0.717) is 5.92 Å². The summed E-state index contributed by atoms with van der Waals surface area (Å²) in [4.78, 5) is 0. The molecule has 0 aliphatic carbocycles. The summed E-state index contributed by atoms with van der Waals surface area (Å²) >= 11 is 0. The first kappa shape index (κ1) is 17.7. The zero-order chi connectivity index (χ0) is 14.9. The summed E-state index contributed by atoms with van der Waals surface area (Å²) in [5.74, 6) is 0.659. The molecule has 22 heavy (non-hydrogen) atoms. The zero-order valence-electron chi connectivity index (χ0n) is 12.7. The van der Waals surface area contributed by atoms with Gasteiger partial charge in [0, 0.05) is 0 Å². The van der Waals surface area contributed by atoms with Crippen LogP contribution in [0.3, 0.4) is 0 Å². The molecule has 114 valence electrons. The summed E-state index contributed by atoms with van der Waals surface area (Å²) in [5, 5.41) is 0. The van der Waals surface area contributed by atoms with Crippen LogP contribution in [0.1, 0.15) is 32.8 Å². The highest BCUT2D eigenvalue weighted by Crippen LogP contribution is 2.17. The first-order valence-electron chi connectivity index (χ1n) is 7.43. The van der Waals surface area contributed by atoms with Gasteiger partial charge in [0.05, 0.1) is 0 Å². The Morgan fingerprint density at radius 1 is 0.500 bits per heavy atom. The van der Waals surface area contributed by atoms with Gasteiger partial charge in [-0.3, -0.25) is 0 Å². The SMILES string of the molecule is C.CC(C)c1ccccc1.c1ccc(-c2ccccc2)cc1. The van der Waals surface area contributed by atoms with Crippen molar-refractivity contribution in [2.45, 2.75) is 27.2 Å². The molecular weight excluding hydrogens is 264 g/mol. The van der Waals surface area contributed by atoms with Crippen molar-refractivity contribution < 1.29 is 0 Å². The van der Waals surface area contributed by atoms with Gasteiger partial charge in [-0.15, -0.1) is 0 Å². The van der Waals surface area contributed by atoms with Crippen molar-refractivity contribution in [3.8, 4) is 11.1 Å². The van der Waals surface area contributed by atoms with Crippen LogP contribution in [0, 0.1) is 0 Å². The molecule has 0 N–H and O–H groups in total. The third-order valence-electron chi connectivity index (χ3n) is 3.35. The quantitative estimate of drug-likeness (QED) is 0.487. The van der Waals surface area contributed by atoms with E-state index >= 15 is 0 Å². The summed E-state index contributed by atoms with van der Waals surface area (Å²) in [6.07, 6.45) is 0. The molecular formula is C22H26. The molecule has 0 nitrogen and oxygen atoms in total. The van der Waals surface area contributed by atoms with Crippen LogP contribution in [-0.2, 0) is 0 Å². The van der Waals surface area contributed by atoms with Crippen molar-refractivity contribution >= 4 is 0 Å². The van der Waals surface area contributed by atoms with E-state index in [2.05, 4.69) is 86.6 Å². The van der Waals surface area contributed by atoms with Gasteiger partial charge in [0.2, 0.25) is 0 Å². The van der Waals surface area contributed by atoms with Gasteiger partial charge in [-0.1, -0.05) is 112 Å². The van der Waals surface area contributed by atoms with Crippen LogP contribution in [-0.4, -0.2) is 0 Å². The van der Waals surface area contributed by atoms with E-state index in [9.17, 15) is 0 Å². The molecule has 0 heteroatoms. The third-order valence-corrected chi connectivity index (χ3v) is 3.35. The number of rotatable bonds is 2. The lowest BCUT2D eigenvalue weighted by molar-refractivity contribution is 0.867. The predicted molar refractivity (Wildman–Crippen MR) is 99.1 cm³/mol. The van der Waals surface area contributed by atoms with Crippen LogP contribution in [0.2, 0.25) is 0 Å². The van der Waals surface area contributed by atoms with Gasteiger partial charge in [-0.05, 0) is 22.6 Å². The Morgan fingerprint density at radius 2 is 0.818 bits per heavy atom. The molecule has 0 saturated heterocycles. The van der Waals surface area contributed by atoms with Crippen molar-refractivity contribution in [3.63, 3.8) is 0 Å². The molecule has 0 amide bonds. The Kier molecular flexibility index (Phi) is 7.70. The molecule has 0 atom stereocenters. The molecule has 3 aromatic carbocycles. The molecule has 3 rings (SSSR count). The van der Waals surface area contributed by atoms with Gasteiger partial charge in [0.25, 0.3) is 0 Å². The minimum atomic E-state index is 0. The van der Waals surface area contributed by atoms with E-state index in [1.165, 1.54) is 16.7 Å². The lowest BCUT2D eigenvalue weighted by atomic mass is 10.0. The Hall–Kier alpha value is -2.34. The maximum Gasteiger partial charge on any atom is -0.0184 e. The van der Waals surface area contributed by atoms with Gasteiger partial charge < -0.3 is 0 Å². The molecule has 0 spiro atoms. The monoisotopic (exact) mass is 290 g/mol. The van der Waals surface area contributed by atoms with E-state index in [1.807, 2.05) is 18.2 Å². The van der Waals surface area contributed by atoms with Crippen LogP contribution >= 0.6 is 0 Å². The molecule has 0 heterocycles. The van der Waals surface area contributed by atoms with E-state index in [4.69, 9.17) is 0 Å². The highest BCUT2D eigenvalue weighted by atomic mass is 14.0. The summed E-state index contributed by atoms with van der Waals surface area (Å²) in [7, 11) is 0. The molecule has 0 unspecified atom stereocenters. The minimum Gasteiger partial charge on any atom is -0.0776 e. The fourth-order valence-corrected chi connectivity index (χ4v) is 2.10. The van der Waals surface area contributed by atoms with E-state index in [0.717, 1.165) is 0 Å². The second-order valence-electron chi connectivity index (χ2n) is 5.30.